The lowest BCUT2D eigenvalue weighted by molar-refractivity contribution is -0.114. The third-order valence-electron chi connectivity index (χ3n) is 3.34. The molecule has 0 aliphatic rings. The van der Waals surface area contributed by atoms with E-state index >= 15 is 0 Å². The Morgan fingerprint density at radius 1 is 1.09 bits per heavy atom. The fraction of sp³-hybridized carbons (Fsp3) is 0.222. The van der Waals surface area contributed by atoms with Crippen molar-refractivity contribution in [3.8, 4) is 0 Å². The second-order valence-corrected chi connectivity index (χ2v) is 5.37. The van der Waals surface area contributed by atoms with E-state index in [1.165, 1.54) is 19.1 Å². The maximum Gasteiger partial charge on any atom is 0.254 e. The molecular weight excluding hydrogens is 295 g/mol. The van der Waals surface area contributed by atoms with Gasteiger partial charge in [-0.15, -0.1) is 0 Å². The van der Waals surface area contributed by atoms with E-state index in [1.54, 1.807) is 18.2 Å². The normalized spacial score (nSPS) is 10.2. The molecule has 23 heavy (non-hydrogen) atoms. The molecule has 0 unspecified atom stereocenters. The van der Waals surface area contributed by atoms with Crippen molar-refractivity contribution < 1.29 is 14.0 Å². The molecule has 2 amide bonds. The average molecular weight is 314 g/mol. The van der Waals surface area contributed by atoms with Gasteiger partial charge in [-0.05, 0) is 43.2 Å². The highest BCUT2D eigenvalue weighted by Gasteiger charge is 2.11. The van der Waals surface area contributed by atoms with E-state index < -0.39 is 11.7 Å². The molecule has 4 nitrogen and oxygen atoms in total. The summed E-state index contributed by atoms with van der Waals surface area (Å²) in [6, 6.07) is 11.8. The van der Waals surface area contributed by atoms with E-state index in [9.17, 15) is 14.0 Å². The Hall–Kier alpha value is -2.69. The summed E-state index contributed by atoms with van der Waals surface area (Å²) in [5.41, 5.74) is 2.65. The summed E-state index contributed by atoms with van der Waals surface area (Å²) in [4.78, 5) is 22.9. The third kappa shape index (κ3) is 4.92. The van der Waals surface area contributed by atoms with Gasteiger partial charge in [-0.2, -0.15) is 0 Å². The van der Waals surface area contributed by atoms with E-state index in [4.69, 9.17) is 0 Å². The molecule has 2 N–H and O–H groups in total. The summed E-state index contributed by atoms with van der Waals surface area (Å²) in [7, 11) is 0. The number of anilines is 1. The Morgan fingerprint density at radius 3 is 2.43 bits per heavy atom. The highest BCUT2D eigenvalue weighted by molar-refractivity contribution is 5.94. The summed E-state index contributed by atoms with van der Waals surface area (Å²) in [6.07, 6.45) is 0.625. The molecule has 0 saturated heterocycles. The Bertz CT molecular complexity index is 711. The van der Waals surface area contributed by atoms with E-state index in [0.717, 1.165) is 16.8 Å². The van der Waals surface area contributed by atoms with Crippen LogP contribution in [0.1, 0.15) is 28.4 Å². The molecule has 2 aromatic carbocycles. The van der Waals surface area contributed by atoms with Gasteiger partial charge in [0.25, 0.3) is 5.91 Å². The zero-order valence-electron chi connectivity index (χ0n) is 13.2. The molecule has 2 rings (SSSR count). The van der Waals surface area contributed by atoms with Gasteiger partial charge in [0.1, 0.15) is 5.82 Å². The predicted octanol–water partition coefficient (Wildman–Crippen LogP) is 3.07. The molecule has 0 saturated carbocycles. The van der Waals surface area contributed by atoms with Crippen molar-refractivity contribution in [1.29, 1.82) is 0 Å². The largest absolute Gasteiger partial charge is 0.352 e. The van der Waals surface area contributed by atoms with Crippen molar-refractivity contribution >= 4 is 17.5 Å². The molecule has 0 aromatic heterocycles. The molecular formula is C18H19FN2O2. The lowest BCUT2D eigenvalue weighted by Crippen LogP contribution is -2.26. The minimum Gasteiger partial charge on any atom is -0.352 e. The number of aryl methyl sites for hydroxylation is 1. The van der Waals surface area contributed by atoms with Crippen LogP contribution in [0.2, 0.25) is 0 Å². The van der Waals surface area contributed by atoms with Crippen molar-refractivity contribution in [2.45, 2.75) is 20.3 Å². The molecule has 0 aliphatic heterocycles. The number of carbonyl (C=O) groups excluding carboxylic acids is 2. The van der Waals surface area contributed by atoms with Crippen LogP contribution in [-0.4, -0.2) is 18.4 Å². The first-order chi connectivity index (χ1) is 11.0. The minimum atomic E-state index is -0.521. The van der Waals surface area contributed by atoms with Crippen molar-refractivity contribution in [3.63, 3.8) is 0 Å². The molecule has 0 atom stereocenters. The standard InChI is InChI=1S/C18H19FN2O2/c1-12-3-8-17(19)16(11-12)18(23)20-10-9-14-4-6-15(7-5-14)21-13(2)22/h3-8,11H,9-10H2,1-2H3,(H,20,23)(H,21,22). The molecule has 0 aliphatic carbocycles. The number of hydrogen-bond donors (Lipinski definition) is 2. The van der Waals surface area contributed by atoms with Gasteiger partial charge in [-0.25, -0.2) is 4.39 Å². The number of hydrogen-bond acceptors (Lipinski definition) is 2. The second-order valence-electron chi connectivity index (χ2n) is 5.37. The maximum atomic E-state index is 13.6. The maximum absolute atomic E-state index is 13.6. The molecule has 0 spiro atoms. The van der Waals surface area contributed by atoms with Crippen LogP contribution < -0.4 is 10.6 Å². The summed E-state index contributed by atoms with van der Waals surface area (Å²) in [6.45, 7) is 3.67. The fourth-order valence-corrected chi connectivity index (χ4v) is 2.19. The number of rotatable bonds is 5. The number of halogens is 1. The Morgan fingerprint density at radius 2 is 1.78 bits per heavy atom. The van der Waals surface area contributed by atoms with Gasteiger partial charge in [-0.1, -0.05) is 23.8 Å². The molecule has 0 fully saturated rings. The second kappa shape index (κ2) is 7.54. The van der Waals surface area contributed by atoms with Crippen LogP contribution in [0.25, 0.3) is 0 Å². The summed E-state index contributed by atoms with van der Waals surface area (Å²) < 4.78 is 13.6. The van der Waals surface area contributed by atoms with Gasteiger partial charge < -0.3 is 10.6 Å². The molecule has 120 valence electrons. The average Bonchev–Trinajstić information content (AvgIpc) is 2.51. The molecule has 5 heteroatoms. The van der Waals surface area contributed by atoms with Crippen LogP contribution in [0.15, 0.2) is 42.5 Å². The Kier molecular flexibility index (Phi) is 5.46. The van der Waals surface area contributed by atoms with Crippen LogP contribution in [0.4, 0.5) is 10.1 Å². The molecule has 0 radical (unpaired) electrons. The summed E-state index contributed by atoms with van der Waals surface area (Å²) in [5.74, 6) is -1.06. The quantitative estimate of drug-likeness (QED) is 0.891. The smallest absolute Gasteiger partial charge is 0.254 e. The zero-order chi connectivity index (χ0) is 16.8. The number of amides is 2. The fourth-order valence-electron chi connectivity index (χ4n) is 2.19. The van der Waals surface area contributed by atoms with E-state index in [1.807, 2.05) is 19.1 Å². The SMILES string of the molecule is CC(=O)Nc1ccc(CCNC(=O)c2cc(C)ccc2F)cc1. The van der Waals surface area contributed by atoms with Crippen LogP contribution in [0.3, 0.4) is 0 Å². The number of nitrogens with one attached hydrogen (secondary N) is 2. The van der Waals surface area contributed by atoms with E-state index in [0.29, 0.717) is 13.0 Å². The van der Waals surface area contributed by atoms with Gasteiger partial charge in [-0.3, -0.25) is 9.59 Å². The van der Waals surface area contributed by atoms with Gasteiger partial charge in [0.05, 0.1) is 5.56 Å². The zero-order valence-corrected chi connectivity index (χ0v) is 13.2. The van der Waals surface area contributed by atoms with Crippen LogP contribution in [0, 0.1) is 12.7 Å². The van der Waals surface area contributed by atoms with Crippen molar-refractivity contribution in [2.75, 3.05) is 11.9 Å². The monoisotopic (exact) mass is 314 g/mol. The number of carbonyl (C=O) groups is 2. The van der Waals surface area contributed by atoms with Crippen LogP contribution >= 0.6 is 0 Å². The van der Waals surface area contributed by atoms with Gasteiger partial charge in [0.2, 0.25) is 5.91 Å². The first-order valence-corrected chi connectivity index (χ1v) is 7.36. The topological polar surface area (TPSA) is 58.2 Å². The summed E-state index contributed by atoms with van der Waals surface area (Å²) in [5, 5.41) is 5.40. The first-order valence-electron chi connectivity index (χ1n) is 7.36. The summed E-state index contributed by atoms with van der Waals surface area (Å²) >= 11 is 0. The van der Waals surface area contributed by atoms with Crippen molar-refractivity contribution in [2.24, 2.45) is 0 Å². The molecule has 0 bridgehead atoms. The van der Waals surface area contributed by atoms with Crippen molar-refractivity contribution in [3.05, 3.63) is 65.0 Å². The Labute approximate surface area is 134 Å². The lowest BCUT2D eigenvalue weighted by Gasteiger charge is -2.08. The highest BCUT2D eigenvalue weighted by atomic mass is 19.1. The van der Waals surface area contributed by atoms with Crippen LogP contribution in [0.5, 0.6) is 0 Å². The third-order valence-corrected chi connectivity index (χ3v) is 3.34. The predicted molar refractivity (Wildman–Crippen MR) is 87.9 cm³/mol. The molecule has 0 heterocycles. The van der Waals surface area contributed by atoms with Gasteiger partial charge in [0.15, 0.2) is 0 Å². The van der Waals surface area contributed by atoms with Crippen LogP contribution in [-0.2, 0) is 11.2 Å². The lowest BCUT2D eigenvalue weighted by atomic mass is 10.1. The van der Waals surface area contributed by atoms with Gasteiger partial charge >= 0.3 is 0 Å². The minimum absolute atomic E-state index is 0.0611. The molecule has 2 aromatic rings. The van der Waals surface area contributed by atoms with Crippen molar-refractivity contribution in [1.82, 2.24) is 5.32 Å². The van der Waals surface area contributed by atoms with E-state index in [2.05, 4.69) is 10.6 Å². The van der Waals surface area contributed by atoms with Gasteiger partial charge in [0, 0.05) is 19.2 Å². The first kappa shape index (κ1) is 16.7. The highest BCUT2D eigenvalue weighted by Crippen LogP contribution is 2.11. The Balaban J connectivity index is 1.88. The van der Waals surface area contributed by atoms with E-state index in [-0.39, 0.29) is 11.5 Å². The number of benzene rings is 2.